The van der Waals surface area contributed by atoms with Gasteiger partial charge in [-0.15, -0.1) is 0 Å². The summed E-state index contributed by atoms with van der Waals surface area (Å²) in [4.78, 5) is 23.8. The predicted octanol–water partition coefficient (Wildman–Crippen LogP) is 3.16. The van der Waals surface area contributed by atoms with Crippen LogP contribution in [0.15, 0.2) is 18.2 Å². The topological polar surface area (TPSA) is 78.6 Å². The number of carbonyl (C=O) groups is 2. The van der Waals surface area contributed by atoms with E-state index in [0.717, 1.165) is 17.5 Å². The average molecular weight is 319 g/mol. The number of carbonyl (C=O) groups excluding carboxylic acids is 2. The van der Waals surface area contributed by atoms with Crippen molar-refractivity contribution in [3.8, 4) is 0 Å². The van der Waals surface area contributed by atoms with Gasteiger partial charge in [0.1, 0.15) is 6.42 Å². The van der Waals surface area contributed by atoms with Gasteiger partial charge in [-0.25, -0.2) is 0 Å². The number of nitrogen functional groups attached to an aromatic ring is 1. The number of ether oxygens (including phenoxy) is 2. The summed E-state index contributed by atoms with van der Waals surface area (Å²) in [7, 11) is 0. The highest BCUT2D eigenvalue weighted by atomic mass is 16.7. The van der Waals surface area contributed by atoms with Gasteiger partial charge in [-0.05, 0) is 42.0 Å². The molecule has 0 atom stereocenters. The van der Waals surface area contributed by atoms with Gasteiger partial charge < -0.3 is 15.2 Å². The quantitative estimate of drug-likeness (QED) is 0.512. The van der Waals surface area contributed by atoms with Crippen LogP contribution in [0.3, 0.4) is 0 Å². The van der Waals surface area contributed by atoms with Crippen LogP contribution in [-0.2, 0) is 31.3 Å². The summed E-state index contributed by atoms with van der Waals surface area (Å²) >= 11 is 0. The zero-order valence-corrected chi connectivity index (χ0v) is 14.2. The molecule has 126 valence electrons. The molecule has 0 amide bonds. The molecule has 0 spiro atoms. The number of cyclic esters (lactones) is 2. The lowest BCUT2D eigenvalue weighted by molar-refractivity contribution is -0.255. The maximum Gasteiger partial charge on any atom is 0.320 e. The van der Waals surface area contributed by atoms with Gasteiger partial charge in [-0.2, -0.15) is 0 Å². The normalized spacial score (nSPS) is 17.3. The zero-order valence-electron chi connectivity index (χ0n) is 14.2. The minimum absolute atomic E-state index is 0.179. The highest BCUT2D eigenvalue weighted by molar-refractivity contribution is 5.93. The van der Waals surface area contributed by atoms with E-state index in [4.69, 9.17) is 15.2 Å². The molecule has 1 aromatic carbocycles. The van der Waals surface area contributed by atoms with Crippen molar-refractivity contribution in [1.29, 1.82) is 0 Å². The fourth-order valence-electron chi connectivity index (χ4n) is 3.01. The lowest BCUT2D eigenvalue weighted by Crippen LogP contribution is -2.44. The molecule has 1 aliphatic rings. The Hall–Kier alpha value is -2.04. The molecular formula is C18H25NO4. The second-order valence-electron chi connectivity index (χ2n) is 6.99. The fraction of sp³-hybridized carbons (Fsp3) is 0.556. The standard InChI is InChI=1S/C18H25NO4/c1-11(2)7-13-8-14(19)5-6-15(13)18(10-12(3)4)22-16(20)9-17(21)23-18/h5-6,8,11-12H,7,9-10,19H2,1-4H3. The van der Waals surface area contributed by atoms with E-state index in [2.05, 4.69) is 13.8 Å². The second kappa shape index (κ2) is 6.60. The fourth-order valence-corrected chi connectivity index (χ4v) is 3.01. The molecule has 0 saturated carbocycles. The van der Waals surface area contributed by atoms with Crippen LogP contribution < -0.4 is 5.73 Å². The largest absolute Gasteiger partial charge is 0.417 e. The molecule has 0 bridgehead atoms. The third-order valence-electron chi connectivity index (χ3n) is 3.69. The van der Waals surface area contributed by atoms with Crippen LogP contribution in [0.25, 0.3) is 0 Å². The van der Waals surface area contributed by atoms with E-state index in [1.807, 2.05) is 19.9 Å². The Morgan fingerprint density at radius 2 is 1.70 bits per heavy atom. The summed E-state index contributed by atoms with van der Waals surface area (Å²) < 4.78 is 11.2. The van der Waals surface area contributed by atoms with Gasteiger partial charge in [0.05, 0.1) is 0 Å². The monoisotopic (exact) mass is 319 g/mol. The first-order chi connectivity index (χ1) is 10.7. The molecular weight excluding hydrogens is 294 g/mol. The Kier molecular flexibility index (Phi) is 4.97. The lowest BCUT2D eigenvalue weighted by atomic mass is 9.88. The van der Waals surface area contributed by atoms with Gasteiger partial charge in [0.15, 0.2) is 0 Å². The number of hydrogen-bond acceptors (Lipinski definition) is 5. The molecule has 0 unspecified atom stereocenters. The van der Waals surface area contributed by atoms with Gasteiger partial charge in [0, 0.05) is 17.7 Å². The van der Waals surface area contributed by atoms with Crippen LogP contribution in [0.1, 0.15) is 51.7 Å². The van der Waals surface area contributed by atoms with Gasteiger partial charge in [-0.1, -0.05) is 27.7 Å². The van der Waals surface area contributed by atoms with Crippen molar-refractivity contribution in [2.45, 2.75) is 52.7 Å². The van der Waals surface area contributed by atoms with E-state index in [1.165, 1.54) is 0 Å². The lowest BCUT2D eigenvalue weighted by Gasteiger charge is -2.38. The Labute approximate surface area is 137 Å². The molecule has 1 fully saturated rings. The van der Waals surface area contributed by atoms with Crippen molar-refractivity contribution in [1.82, 2.24) is 0 Å². The summed E-state index contributed by atoms with van der Waals surface area (Å²) in [6.45, 7) is 8.19. The maximum atomic E-state index is 11.9. The van der Waals surface area contributed by atoms with Gasteiger partial charge in [-0.3, -0.25) is 9.59 Å². The minimum Gasteiger partial charge on any atom is -0.417 e. The number of benzene rings is 1. The average Bonchev–Trinajstić information content (AvgIpc) is 2.35. The molecule has 1 saturated heterocycles. The number of hydrogen-bond donors (Lipinski definition) is 1. The summed E-state index contributed by atoms with van der Waals surface area (Å²) in [5.74, 6) is -1.87. The van der Waals surface area contributed by atoms with E-state index in [-0.39, 0.29) is 12.3 Å². The molecule has 1 aromatic rings. The molecule has 23 heavy (non-hydrogen) atoms. The molecule has 5 heteroatoms. The van der Waals surface area contributed by atoms with Gasteiger partial charge >= 0.3 is 11.9 Å². The predicted molar refractivity (Wildman–Crippen MR) is 87.3 cm³/mol. The van der Waals surface area contributed by atoms with Crippen LogP contribution >= 0.6 is 0 Å². The number of rotatable bonds is 5. The van der Waals surface area contributed by atoms with E-state index in [1.54, 1.807) is 12.1 Å². The first-order valence-electron chi connectivity index (χ1n) is 8.04. The molecule has 0 aromatic heterocycles. The third kappa shape index (κ3) is 4.03. The summed E-state index contributed by atoms with van der Waals surface area (Å²) in [5.41, 5.74) is 8.22. The molecule has 1 aliphatic heterocycles. The summed E-state index contributed by atoms with van der Waals surface area (Å²) in [5, 5.41) is 0. The SMILES string of the molecule is CC(C)Cc1cc(N)ccc1C1(CC(C)C)OC(=O)CC(=O)O1. The molecule has 1 heterocycles. The molecule has 2 rings (SSSR count). The number of anilines is 1. The van der Waals surface area contributed by atoms with E-state index < -0.39 is 17.7 Å². The highest BCUT2D eigenvalue weighted by Gasteiger charge is 2.46. The van der Waals surface area contributed by atoms with Crippen molar-refractivity contribution in [2.24, 2.45) is 11.8 Å². The Balaban J connectivity index is 2.55. The zero-order chi connectivity index (χ0) is 17.2. The van der Waals surface area contributed by atoms with Crippen LogP contribution in [-0.4, -0.2) is 11.9 Å². The molecule has 2 N–H and O–H groups in total. The first kappa shape index (κ1) is 17.3. The van der Waals surface area contributed by atoms with Crippen LogP contribution in [0.4, 0.5) is 5.69 Å². The van der Waals surface area contributed by atoms with Crippen LogP contribution in [0.2, 0.25) is 0 Å². The van der Waals surface area contributed by atoms with Gasteiger partial charge in [0.2, 0.25) is 0 Å². The van der Waals surface area contributed by atoms with Crippen LogP contribution in [0.5, 0.6) is 0 Å². The molecule has 5 nitrogen and oxygen atoms in total. The van der Waals surface area contributed by atoms with Crippen molar-refractivity contribution >= 4 is 17.6 Å². The molecule has 0 radical (unpaired) electrons. The van der Waals surface area contributed by atoms with Crippen LogP contribution in [0, 0.1) is 11.8 Å². The van der Waals surface area contributed by atoms with Crippen molar-refractivity contribution in [3.63, 3.8) is 0 Å². The number of nitrogens with two attached hydrogens (primary N) is 1. The Bertz CT molecular complexity index is 591. The minimum atomic E-state index is -1.35. The summed E-state index contributed by atoms with van der Waals surface area (Å²) in [6.07, 6.45) is 0.836. The number of esters is 2. The smallest absolute Gasteiger partial charge is 0.320 e. The third-order valence-corrected chi connectivity index (χ3v) is 3.69. The van der Waals surface area contributed by atoms with Crippen molar-refractivity contribution in [3.05, 3.63) is 29.3 Å². The highest BCUT2D eigenvalue weighted by Crippen LogP contribution is 2.40. The Morgan fingerprint density at radius 1 is 1.09 bits per heavy atom. The Morgan fingerprint density at radius 3 is 2.22 bits per heavy atom. The van der Waals surface area contributed by atoms with Crippen molar-refractivity contribution < 1.29 is 19.1 Å². The first-order valence-corrected chi connectivity index (χ1v) is 8.04. The van der Waals surface area contributed by atoms with E-state index in [0.29, 0.717) is 18.0 Å². The van der Waals surface area contributed by atoms with E-state index >= 15 is 0 Å². The second-order valence-corrected chi connectivity index (χ2v) is 6.99. The van der Waals surface area contributed by atoms with Gasteiger partial charge in [0.25, 0.3) is 5.79 Å². The van der Waals surface area contributed by atoms with E-state index in [9.17, 15) is 9.59 Å². The van der Waals surface area contributed by atoms with Crippen molar-refractivity contribution in [2.75, 3.05) is 5.73 Å². The molecule has 0 aliphatic carbocycles. The maximum absolute atomic E-state index is 11.9. The summed E-state index contributed by atoms with van der Waals surface area (Å²) in [6, 6.07) is 5.42.